The highest BCUT2D eigenvalue weighted by molar-refractivity contribution is 6.06. The Bertz CT molecular complexity index is 829. The molecule has 1 aliphatic heterocycles. The topological polar surface area (TPSA) is 142 Å². The molecule has 27 heavy (non-hydrogen) atoms. The quantitative estimate of drug-likeness (QED) is 0.605. The Kier molecular flexibility index (Phi) is 4.81. The van der Waals surface area contributed by atoms with Gasteiger partial charge in [-0.05, 0) is 32.6 Å². The number of methoxy groups -OCH3 is 2. The second-order valence-corrected chi connectivity index (χ2v) is 6.68. The maximum absolute atomic E-state index is 11.6. The predicted octanol–water partition coefficient (Wildman–Crippen LogP) is 2.03. The van der Waals surface area contributed by atoms with Gasteiger partial charge in [0, 0.05) is 11.6 Å². The van der Waals surface area contributed by atoms with Gasteiger partial charge < -0.3 is 20.9 Å². The van der Waals surface area contributed by atoms with Crippen LogP contribution in [0.1, 0.15) is 37.7 Å². The monoisotopic (exact) mass is 376 g/mol. The highest BCUT2D eigenvalue weighted by atomic mass is 16.6. The first kappa shape index (κ1) is 18.7. The predicted molar refractivity (Wildman–Crippen MR) is 102 cm³/mol. The fourth-order valence-electron chi connectivity index (χ4n) is 4.03. The average molecular weight is 376 g/mol. The summed E-state index contributed by atoms with van der Waals surface area (Å²) in [5.74, 6) is 0.830. The molecule has 0 atom stereocenters. The molecule has 146 valence electrons. The summed E-state index contributed by atoms with van der Waals surface area (Å²) in [4.78, 5) is 21.6. The van der Waals surface area contributed by atoms with Gasteiger partial charge in [-0.3, -0.25) is 15.0 Å². The molecule has 4 N–H and O–H groups in total. The smallest absolute Gasteiger partial charge is 0.313 e. The highest BCUT2D eigenvalue weighted by Crippen LogP contribution is 2.48. The van der Waals surface area contributed by atoms with E-state index < -0.39 is 10.6 Å². The molecule has 10 heteroatoms. The van der Waals surface area contributed by atoms with Crippen molar-refractivity contribution in [3.8, 4) is 11.5 Å². The number of nitrogens with zero attached hydrogens (tertiary/aromatic N) is 4. The molecule has 1 spiro atoms. The van der Waals surface area contributed by atoms with E-state index >= 15 is 0 Å². The van der Waals surface area contributed by atoms with Crippen LogP contribution in [0.2, 0.25) is 0 Å². The molecule has 1 saturated carbocycles. The molecule has 0 saturated heterocycles. The number of hydrogen-bond donors (Lipinski definition) is 2. The Balaban J connectivity index is 2.27. The van der Waals surface area contributed by atoms with Crippen LogP contribution in [0.25, 0.3) is 0 Å². The summed E-state index contributed by atoms with van der Waals surface area (Å²) in [5.41, 5.74) is 12.2. The number of aliphatic imine (C=N–C) groups is 2. The fraction of sp³-hybridized carbons (Fsp3) is 0.529. The lowest BCUT2D eigenvalue weighted by molar-refractivity contribution is -0.385. The summed E-state index contributed by atoms with van der Waals surface area (Å²) in [7, 11) is 2.89. The second kappa shape index (κ2) is 6.93. The van der Waals surface area contributed by atoms with Crippen LogP contribution < -0.4 is 25.8 Å². The summed E-state index contributed by atoms with van der Waals surface area (Å²) < 4.78 is 10.8. The number of nitro benzene ring substituents is 1. The van der Waals surface area contributed by atoms with E-state index in [-0.39, 0.29) is 23.4 Å². The van der Waals surface area contributed by atoms with E-state index in [2.05, 4.69) is 9.98 Å². The number of hydrogen-bond acceptors (Lipinski definition) is 9. The van der Waals surface area contributed by atoms with Crippen LogP contribution in [0.4, 0.5) is 11.4 Å². The van der Waals surface area contributed by atoms with Crippen molar-refractivity contribution in [3.63, 3.8) is 0 Å². The molecule has 0 aromatic heterocycles. The van der Waals surface area contributed by atoms with Crippen LogP contribution in [0.3, 0.4) is 0 Å². The summed E-state index contributed by atoms with van der Waals surface area (Å²) >= 11 is 0. The zero-order valence-electron chi connectivity index (χ0n) is 15.7. The number of guanidine groups is 2. The first-order valence-electron chi connectivity index (χ1n) is 8.74. The summed E-state index contributed by atoms with van der Waals surface area (Å²) in [6, 6.07) is 1.40. The van der Waals surface area contributed by atoms with Gasteiger partial charge in [-0.15, -0.1) is 0 Å². The van der Waals surface area contributed by atoms with Crippen molar-refractivity contribution in [2.45, 2.75) is 44.7 Å². The molecule has 3 rings (SSSR count). The third-order valence-corrected chi connectivity index (χ3v) is 5.12. The Morgan fingerprint density at radius 1 is 1.19 bits per heavy atom. The number of nitrogens with two attached hydrogens (primary N) is 2. The van der Waals surface area contributed by atoms with Crippen molar-refractivity contribution in [1.82, 2.24) is 0 Å². The van der Waals surface area contributed by atoms with Crippen LogP contribution in [0, 0.1) is 17.0 Å². The molecule has 0 unspecified atom stereocenters. The molecule has 1 aliphatic carbocycles. The minimum atomic E-state index is -0.726. The molecule has 0 radical (unpaired) electrons. The Hall–Kier alpha value is -3.04. The van der Waals surface area contributed by atoms with E-state index in [0.717, 1.165) is 19.3 Å². The molecule has 0 bridgehead atoms. The van der Waals surface area contributed by atoms with E-state index in [1.807, 2.05) is 0 Å². The Morgan fingerprint density at radius 2 is 1.81 bits per heavy atom. The number of benzene rings is 1. The van der Waals surface area contributed by atoms with Crippen molar-refractivity contribution in [1.29, 1.82) is 0 Å². The fourth-order valence-corrected chi connectivity index (χ4v) is 4.03. The molecule has 1 aromatic carbocycles. The van der Waals surface area contributed by atoms with Gasteiger partial charge in [0.15, 0.2) is 0 Å². The van der Waals surface area contributed by atoms with E-state index in [1.165, 1.54) is 20.3 Å². The van der Waals surface area contributed by atoms with E-state index in [1.54, 1.807) is 11.8 Å². The lowest BCUT2D eigenvalue weighted by Gasteiger charge is -2.45. The first-order valence-corrected chi connectivity index (χ1v) is 8.74. The van der Waals surface area contributed by atoms with Gasteiger partial charge in [0.25, 0.3) is 0 Å². The largest absolute Gasteiger partial charge is 0.494 e. The van der Waals surface area contributed by atoms with Gasteiger partial charge in [0.2, 0.25) is 17.7 Å². The second-order valence-electron chi connectivity index (χ2n) is 6.68. The van der Waals surface area contributed by atoms with Crippen LogP contribution in [0.15, 0.2) is 16.1 Å². The Morgan fingerprint density at radius 3 is 2.37 bits per heavy atom. The van der Waals surface area contributed by atoms with Crippen molar-refractivity contribution in [3.05, 3.63) is 21.7 Å². The number of ether oxygens (including phenoxy) is 2. The SMILES string of the molecule is COc1c(N2C(N)=NC(N)=NC23CCCCC3)cc([N+](=O)[O-])c(OC)c1C. The molecule has 1 heterocycles. The maximum atomic E-state index is 11.6. The third-order valence-electron chi connectivity index (χ3n) is 5.12. The third kappa shape index (κ3) is 3.00. The highest BCUT2D eigenvalue weighted by Gasteiger charge is 2.44. The van der Waals surface area contributed by atoms with E-state index in [9.17, 15) is 10.1 Å². The van der Waals surface area contributed by atoms with Gasteiger partial charge in [-0.25, -0.2) is 4.99 Å². The standard InChI is InChI=1S/C17H24N6O4/c1-10-13(26-2)11(9-12(23(24)25)14(10)27-3)22-16(19)20-15(18)21-17(22)7-5-4-6-8-17/h9H,4-8H2,1-3H3,(H4,18,19,20,21). The molecule has 1 fully saturated rings. The molecule has 0 amide bonds. The van der Waals surface area contributed by atoms with Gasteiger partial charge >= 0.3 is 5.69 Å². The van der Waals surface area contributed by atoms with Crippen LogP contribution in [0.5, 0.6) is 11.5 Å². The average Bonchev–Trinajstić information content (AvgIpc) is 2.61. The van der Waals surface area contributed by atoms with Gasteiger partial charge in [-0.2, -0.15) is 4.99 Å². The van der Waals surface area contributed by atoms with Gasteiger partial charge in [-0.1, -0.05) is 6.42 Å². The summed E-state index contributed by atoms with van der Waals surface area (Å²) in [6.07, 6.45) is 4.40. The number of nitro groups is 1. The van der Waals surface area contributed by atoms with Crippen molar-refractivity contribution < 1.29 is 14.4 Å². The summed E-state index contributed by atoms with van der Waals surface area (Å²) in [6.45, 7) is 1.70. The lowest BCUT2D eigenvalue weighted by atomic mass is 9.87. The number of rotatable bonds is 4. The molecule has 2 aliphatic rings. The summed E-state index contributed by atoms with van der Waals surface area (Å²) in [5, 5.41) is 11.6. The van der Waals surface area contributed by atoms with Crippen LogP contribution in [-0.2, 0) is 0 Å². The van der Waals surface area contributed by atoms with Crippen LogP contribution in [-0.4, -0.2) is 36.7 Å². The molecule has 10 nitrogen and oxygen atoms in total. The van der Waals surface area contributed by atoms with Crippen molar-refractivity contribution >= 4 is 23.3 Å². The lowest BCUT2D eigenvalue weighted by Crippen LogP contribution is -2.58. The molecule has 1 aromatic rings. The maximum Gasteiger partial charge on any atom is 0.313 e. The molecular formula is C17H24N6O4. The first-order chi connectivity index (χ1) is 12.8. The zero-order valence-corrected chi connectivity index (χ0v) is 15.7. The van der Waals surface area contributed by atoms with E-state index in [0.29, 0.717) is 29.8 Å². The van der Waals surface area contributed by atoms with Crippen molar-refractivity contribution in [2.24, 2.45) is 21.5 Å². The minimum Gasteiger partial charge on any atom is -0.494 e. The molecular weight excluding hydrogens is 352 g/mol. The van der Waals surface area contributed by atoms with E-state index in [4.69, 9.17) is 20.9 Å². The number of anilines is 1. The van der Waals surface area contributed by atoms with Crippen LogP contribution >= 0.6 is 0 Å². The Labute approximate surface area is 157 Å². The zero-order chi connectivity index (χ0) is 19.8. The normalized spacial score (nSPS) is 18.7. The van der Waals surface area contributed by atoms with Gasteiger partial charge in [0.1, 0.15) is 11.4 Å². The minimum absolute atomic E-state index is 0.115. The van der Waals surface area contributed by atoms with Crippen molar-refractivity contribution in [2.75, 3.05) is 19.1 Å². The van der Waals surface area contributed by atoms with Gasteiger partial charge in [0.05, 0.1) is 24.8 Å².